The van der Waals surface area contributed by atoms with Gasteiger partial charge in [-0.1, -0.05) is 24.6 Å². The van der Waals surface area contributed by atoms with Crippen LogP contribution in [0.5, 0.6) is 11.6 Å². The first-order chi connectivity index (χ1) is 13.5. The van der Waals surface area contributed by atoms with Crippen molar-refractivity contribution in [3.8, 4) is 11.6 Å². The zero-order valence-electron chi connectivity index (χ0n) is 15.6. The Bertz CT molecular complexity index is 923. The smallest absolute Gasteiger partial charge is 0.313 e. The quantitative estimate of drug-likeness (QED) is 0.616. The van der Waals surface area contributed by atoms with Crippen molar-refractivity contribution in [2.75, 3.05) is 11.9 Å². The van der Waals surface area contributed by atoms with Crippen molar-refractivity contribution in [2.45, 2.75) is 19.8 Å². The van der Waals surface area contributed by atoms with E-state index in [-0.39, 0.29) is 5.92 Å². The maximum atomic E-state index is 12.0. The average Bonchev–Trinajstić information content (AvgIpc) is 3.24. The number of pyridine rings is 1. The van der Waals surface area contributed by atoms with Crippen molar-refractivity contribution < 1.29 is 14.3 Å². The molecule has 0 fully saturated rings. The molecule has 2 amide bonds. The summed E-state index contributed by atoms with van der Waals surface area (Å²) >= 11 is 1.60. The van der Waals surface area contributed by atoms with Crippen LogP contribution in [0.15, 0.2) is 59.4 Å². The van der Waals surface area contributed by atoms with Gasteiger partial charge in [0.25, 0.3) is 0 Å². The summed E-state index contributed by atoms with van der Waals surface area (Å²) in [6.45, 7) is 4.39. The molecule has 0 aliphatic carbocycles. The van der Waals surface area contributed by atoms with E-state index in [9.17, 15) is 9.59 Å². The summed E-state index contributed by atoms with van der Waals surface area (Å²) in [5.41, 5.74) is 2.70. The molecule has 0 radical (unpaired) electrons. The van der Waals surface area contributed by atoms with Gasteiger partial charge < -0.3 is 15.4 Å². The second kappa shape index (κ2) is 9.14. The first kappa shape index (κ1) is 19.6. The Morgan fingerprint density at radius 1 is 1.11 bits per heavy atom. The van der Waals surface area contributed by atoms with Crippen LogP contribution in [-0.2, 0) is 9.59 Å². The Kier molecular flexibility index (Phi) is 6.39. The second-order valence-corrected chi connectivity index (χ2v) is 7.20. The van der Waals surface area contributed by atoms with Gasteiger partial charge in [-0.3, -0.25) is 9.59 Å². The van der Waals surface area contributed by atoms with Gasteiger partial charge in [0, 0.05) is 12.6 Å². The molecule has 6 nitrogen and oxygen atoms in total. The summed E-state index contributed by atoms with van der Waals surface area (Å²) in [4.78, 5) is 28.2. The number of ether oxygens (including phenoxy) is 1. The third-order valence-corrected chi connectivity index (χ3v) is 4.83. The molecule has 0 spiro atoms. The van der Waals surface area contributed by atoms with Gasteiger partial charge in [-0.15, -0.1) is 0 Å². The van der Waals surface area contributed by atoms with Gasteiger partial charge in [-0.2, -0.15) is 11.3 Å². The Hall–Kier alpha value is -3.19. The fourth-order valence-corrected chi connectivity index (χ4v) is 3.21. The molecule has 0 saturated heterocycles. The number of nitrogens with zero attached hydrogens (tertiary/aromatic N) is 1. The van der Waals surface area contributed by atoms with E-state index in [2.05, 4.69) is 15.6 Å². The van der Waals surface area contributed by atoms with E-state index in [0.29, 0.717) is 23.9 Å². The highest BCUT2D eigenvalue weighted by Crippen LogP contribution is 2.21. The van der Waals surface area contributed by atoms with Crippen LogP contribution in [0.1, 0.15) is 24.0 Å². The van der Waals surface area contributed by atoms with Gasteiger partial charge in [-0.05, 0) is 53.4 Å². The van der Waals surface area contributed by atoms with Crippen molar-refractivity contribution in [1.82, 2.24) is 10.3 Å². The first-order valence-electron chi connectivity index (χ1n) is 8.83. The number of hydrogen-bond acceptors (Lipinski definition) is 5. The summed E-state index contributed by atoms with van der Waals surface area (Å²) in [6.07, 6.45) is 1.45. The van der Waals surface area contributed by atoms with Crippen molar-refractivity contribution in [3.05, 3.63) is 70.5 Å². The number of thiophene rings is 1. The Morgan fingerprint density at radius 3 is 2.54 bits per heavy atom. The lowest BCUT2D eigenvalue weighted by Gasteiger charge is -2.11. The molecule has 0 saturated carbocycles. The summed E-state index contributed by atoms with van der Waals surface area (Å²) in [5.74, 6) is -0.193. The third kappa shape index (κ3) is 5.40. The van der Waals surface area contributed by atoms with Crippen LogP contribution >= 0.6 is 11.3 Å². The molecule has 3 rings (SSSR count). The molecule has 1 atom stereocenters. The summed E-state index contributed by atoms with van der Waals surface area (Å²) < 4.78 is 5.64. The van der Waals surface area contributed by atoms with Crippen molar-refractivity contribution in [2.24, 2.45) is 0 Å². The summed E-state index contributed by atoms with van der Waals surface area (Å²) in [5, 5.41) is 9.20. The number of hydrogen-bond donors (Lipinski definition) is 2. The Morgan fingerprint density at radius 2 is 1.89 bits per heavy atom. The van der Waals surface area contributed by atoms with Crippen LogP contribution in [0.4, 0.5) is 5.69 Å². The van der Waals surface area contributed by atoms with Crippen LogP contribution in [-0.4, -0.2) is 23.3 Å². The topological polar surface area (TPSA) is 80.3 Å². The van der Waals surface area contributed by atoms with Crippen LogP contribution in [0, 0.1) is 6.92 Å². The molecule has 0 aliphatic heterocycles. The van der Waals surface area contributed by atoms with E-state index >= 15 is 0 Å². The molecule has 2 N–H and O–H groups in total. The monoisotopic (exact) mass is 395 g/mol. The number of benzene rings is 1. The normalized spacial score (nSPS) is 11.5. The number of aromatic nitrogens is 1. The van der Waals surface area contributed by atoms with Gasteiger partial charge in [-0.25, -0.2) is 4.98 Å². The Labute approximate surface area is 167 Å². The number of amides is 2. The summed E-state index contributed by atoms with van der Waals surface area (Å²) in [6, 6.07) is 12.9. The van der Waals surface area contributed by atoms with E-state index in [1.165, 1.54) is 6.20 Å². The third-order valence-electron chi connectivity index (χ3n) is 4.12. The fourth-order valence-electron chi connectivity index (χ4n) is 2.43. The number of nitrogens with one attached hydrogen (secondary N) is 2. The van der Waals surface area contributed by atoms with E-state index < -0.39 is 11.8 Å². The first-order valence-corrected chi connectivity index (χ1v) is 9.77. The highest BCUT2D eigenvalue weighted by atomic mass is 32.1. The standard InChI is InChI=1S/C21H21N3O3S/c1-14-3-6-18(7-4-14)27-19-8-5-17(12-22-19)24-21(26)20(25)23-11-15(2)16-9-10-28-13-16/h3-10,12-13,15H,11H2,1-2H3,(H,23,25)(H,24,26). The average molecular weight is 395 g/mol. The van der Waals surface area contributed by atoms with Gasteiger partial charge in [0.15, 0.2) is 0 Å². The molecule has 0 bridgehead atoms. The largest absolute Gasteiger partial charge is 0.439 e. The second-order valence-electron chi connectivity index (χ2n) is 6.42. The van der Waals surface area contributed by atoms with Gasteiger partial charge in [0.1, 0.15) is 5.75 Å². The maximum Gasteiger partial charge on any atom is 0.313 e. The summed E-state index contributed by atoms with van der Waals surface area (Å²) in [7, 11) is 0. The molecule has 2 aromatic heterocycles. The number of anilines is 1. The van der Waals surface area contributed by atoms with Crippen molar-refractivity contribution in [1.29, 1.82) is 0 Å². The van der Waals surface area contributed by atoms with E-state index in [4.69, 9.17) is 4.74 Å². The number of carbonyl (C=O) groups is 2. The van der Waals surface area contributed by atoms with Gasteiger partial charge >= 0.3 is 11.8 Å². The molecule has 2 heterocycles. The number of carbonyl (C=O) groups excluding carboxylic acids is 2. The lowest BCUT2D eigenvalue weighted by Crippen LogP contribution is -2.37. The van der Waals surface area contributed by atoms with Crippen LogP contribution in [0.25, 0.3) is 0 Å². The molecule has 1 aromatic carbocycles. The molecule has 28 heavy (non-hydrogen) atoms. The van der Waals surface area contributed by atoms with Crippen molar-refractivity contribution >= 4 is 28.8 Å². The minimum absolute atomic E-state index is 0.142. The van der Waals surface area contributed by atoms with E-state index in [0.717, 1.165) is 11.1 Å². The van der Waals surface area contributed by atoms with Crippen LogP contribution in [0.3, 0.4) is 0 Å². The molecule has 0 aliphatic rings. The van der Waals surface area contributed by atoms with Gasteiger partial charge in [0.05, 0.1) is 11.9 Å². The lowest BCUT2D eigenvalue weighted by molar-refractivity contribution is -0.136. The van der Waals surface area contributed by atoms with Crippen LogP contribution < -0.4 is 15.4 Å². The predicted molar refractivity (Wildman–Crippen MR) is 110 cm³/mol. The van der Waals surface area contributed by atoms with E-state index in [1.54, 1.807) is 23.5 Å². The minimum Gasteiger partial charge on any atom is -0.439 e. The van der Waals surface area contributed by atoms with Gasteiger partial charge in [0.2, 0.25) is 5.88 Å². The molecule has 144 valence electrons. The molecule has 7 heteroatoms. The molecular weight excluding hydrogens is 374 g/mol. The highest BCUT2D eigenvalue weighted by Gasteiger charge is 2.15. The Balaban J connectivity index is 1.49. The predicted octanol–water partition coefficient (Wildman–Crippen LogP) is 4.10. The lowest BCUT2D eigenvalue weighted by atomic mass is 10.1. The van der Waals surface area contributed by atoms with E-state index in [1.807, 2.05) is 54.9 Å². The maximum absolute atomic E-state index is 12.0. The highest BCUT2D eigenvalue weighted by molar-refractivity contribution is 7.08. The van der Waals surface area contributed by atoms with Crippen molar-refractivity contribution in [3.63, 3.8) is 0 Å². The molecule has 3 aromatic rings. The molecular formula is C21H21N3O3S. The van der Waals surface area contributed by atoms with Crippen LogP contribution in [0.2, 0.25) is 0 Å². The minimum atomic E-state index is -0.730. The zero-order valence-corrected chi connectivity index (χ0v) is 16.5. The molecule has 1 unspecified atom stereocenters. The zero-order chi connectivity index (χ0) is 19.9. The SMILES string of the molecule is Cc1ccc(Oc2ccc(NC(=O)C(=O)NCC(C)c3ccsc3)cn2)cc1. The number of rotatable bonds is 6. The number of aryl methyl sites for hydroxylation is 1. The fraction of sp³-hybridized carbons (Fsp3) is 0.190.